The second-order valence-corrected chi connectivity index (χ2v) is 5.35. The highest BCUT2D eigenvalue weighted by Gasteiger charge is 2.31. The summed E-state index contributed by atoms with van der Waals surface area (Å²) in [6.07, 6.45) is 1.27. The van der Waals surface area contributed by atoms with Crippen LogP contribution in [-0.2, 0) is 0 Å². The van der Waals surface area contributed by atoms with Crippen molar-refractivity contribution in [3.8, 4) is 0 Å². The van der Waals surface area contributed by atoms with E-state index in [-0.39, 0.29) is 0 Å². The zero-order valence-electron chi connectivity index (χ0n) is 10.7. The molecule has 3 unspecified atom stereocenters. The van der Waals surface area contributed by atoms with E-state index in [1.165, 1.54) is 19.5 Å². The smallest absolute Gasteiger partial charge is 0.0123 e. The summed E-state index contributed by atoms with van der Waals surface area (Å²) in [4.78, 5) is 2.39. The summed E-state index contributed by atoms with van der Waals surface area (Å²) in [5.74, 6) is 1.96. The molecular formula is C12H27N3. The molecule has 0 saturated carbocycles. The Balaban J connectivity index is 2.51. The highest BCUT2D eigenvalue weighted by molar-refractivity contribution is 4.88. The van der Waals surface area contributed by atoms with Gasteiger partial charge in [-0.2, -0.15) is 0 Å². The van der Waals surface area contributed by atoms with Gasteiger partial charge in [0.25, 0.3) is 0 Å². The van der Waals surface area contributed by atoms with Crippen molar-refractivity contribution in [2.24, 2.45) is 23.5 Å². The van der Waals surface area contributed by atoms with Gasteiger partial charge in [-0.05, 0) is 51.4 Å². The van der Waals surface area contributed by atoms with Gasteiger partial charge in [0.1, 0.15) is 0 Å². The molecule has 0 aromatic rings. The Kier molecular flexibility index (Phi) is 5.03. The van der Waals surface area contributed by atoms with E-state index >= 15 is 0 Å². The Morgan fingerprint density at radius 2 is 2.13 bits per heavy atom. The number of nitrogens with zero attached hydrogens (tertiary/aromatic N) is 1. The molecule has 1 rings (SSSR count). The molecular weight excluding hydrogens is 186 g/mol. The molecule has 3 nitrogen and oxygen atoms in total. The van der Waals surface area contributed by atoms with Crippen LogP contribution in [0.1, 0.15) is 20.3 Å². The molecule has 0 bridgehead atoms. The molecule has 0 aliphatic carbocycles. The minimum absolute atomic E-state index is 0.349. The molecule has 0 amide bonds. The molecule has 1 aliphatic rings. The van der Waals surface area contributed by atoms with E-state index in [1.54, 1.807) is 0 Å². The van der Waals surface area contributed by atoms with Crippen molar-refractivity contribution in [3.05, 3.63) is 0 Å². The largest absolute Gasteiger partial charge is 0.327 e. The minimum atomic E-state index is 0.349. The molecule has 3 atom stereocenters. The van der Waals surface area contributed by atoms with Crippen molar-refractivity contribution in [1.82, 2.24) is 10.2 Å². The molecule has 1 aliphatic heterocycles. The molecule has 0 aromatic carbocycles. The normalized spacial score (nSPS) is 27.2. The van der Waals surface area contributed by atoms with E-state index in [1.807, 2.05) is 7.05 Å². The van der Waals surface area contributed by atoms with Crippen LogP contribution in [-0.4, -0.2) is 44.7 Å². The maximum absolute atomic E-state index is 6.41. The summed E-state index contributed by atoms with van der Waals surface area (Å²) < 4.78 is 0. The average Bonchev–Trinajstić information content (AvgIpc) is 2.59. The first-order valence-electron chi connectivity index (χ1n) is 6.15. The highest BCUT2D eigenvalue weighted by Crippen LogP contribution is 2.25. The number of hydrogen-bond donors (Lipinski definition) is 2. The number of nitrogens with one attached hydrogen (secondary N) is 1. The lowest BCUT2D eigenvalue weighted by atomic mass is 9.81. The second kappa shape index (κ2) is 5.83. The van der Waals surface area contributed by atoms with Gasteiger partial charge in [0.15, 0.2) is 0 Å². The molecule has 1 heterocycles. The van der Waals surface area contributed by atoms with Crippen LogP contribution in [0.3, 0.4) is 0 Å². The monoisotopic (exact) mass is 213 g/mol. The number of nitrogens with two attached hydrogens (primary N) is 1. The van der Waals surface area contributed by atoms with Gasteiger partial charge in [0, 0.05) is 12.6 Å². The molecule has 3 heteroatoms. The average molecular weight is 213 g/mol. The Morgan fingerprint density at radius 3 is 2.53 bits per heavy atom. The third-order valence-electron chi connectivity index (χ3n) is 3.76. The lowest BCUT2D eigenvalue weighted by Crippen LogP contribution is -2.45. The van der Waals surface area contributed by atoms with E-state index in [0.717, 1.165) is 6.54 Å². The summed E-state index contributed by atoms with van der Waals surface area (Å²) >= 11 is 0. The summed E-state index contributed by atoms with van der Waals surface area (Å²) in [5, 5.41) is 3.27. The molecule has 0 spiro atoms. The van der Waals surface area contributed by atoms with Gasteiger partial charge in [0.05, 0.1) is 0 Å². The van der Waals surface area contributed by atoms with Crippen molar-refractivity contribution in [1.29, 1.82) is 0 Å². The first-order chi connectivity index (χ1) is 7.06. The topological polar surface area (TPSA) is 41.3 Å². The van der Waals surface area contributed by atoms with Gasteiger partial charge in [0.2, 0.25) is 0 Å². The minimum Gasteiger partial charge on any atom is -0.327 e. The van der Waals surface area contributed by atoms with Gasteiger partial charge in [-0.25, -0.2) is 0 Å². The van der Waals surface area contributed by atoms with Crippen molar-refractivity contribution >= 4 is 0 Å². The Hall–Kier alpha value is -0.120. The van der Waals surface area contributed by atoms with Crippen LogP contribution < -0.4 is 11.1 Å². The Bertz CT molecular complexity index is 182. The predicted molar refractivity (Wildman–Crippen MR) is 65.8 cm³/mol. The van der Waals surface area contributed by atoms with E-state index in [4.69, 9.17) is 5.73 Å². The van der Waals surface area contributed by atoms with Crippen molar-refractivity contribution < 1.29 is 0 Å². The molecule has 15 heavy (non-hydrogen) atoms. The predicted octanol–water partition coefficient (Wildman–Crippen LogP) is 0.757. The standard InChI is InChI=1S/C12H27N3/c1-9(2)11(7-14-3)12(13)10-5-6-15(4)8-10/h9-12,14H,5-8,13H2,1-4H3. The van der Waals surface area contributed by atoms with Crippen molar-refractivity contribution in [2.75, 3.05) is 33.7 Å². The van der Waals surface area contributed by atoms with Gasteiger partial charge >= 0.3 is 0 Å². The number of hydrogen-bond acceptors (Lipinski definition) is 3. The zero-order chi connectivity index (χ0) is 11.4. The van der Waals surface area contributed by atoms with Crippen molar-refractivity contribution in [2.45, 2.75) is 26.3 Å². The number of likely N-dealkylation sites (tertiary alicyclic amines) is 1. The SMILES string of the molecule is CNCC(C(C)C)C(N)C1CCN(C)C1. The molecule has 0 aromatic heterocycles. The van der Waals surface area contributed by atoms with Crippen LogP contribution in [0.2, 0.25) is 0 Å². The molecule has 3 N–H and O–H groups in total. The molecule has 1 saturated heterocycles. The van der Waals surface area contributed by atoms with E-state index in [2.05, 4.69) is 31.1 Å². The first-order valence-corrected chi connectivity index (χ1v) is 6.15. The Labute approximate surface area is 94.4 Å². The number of rotatable bonds is 5. The van der Waals surface area contributed by atoms with Gasteiger partial charge in [-0.15, -0.1) is 0 Å². The third kappa shape index (κ3) is 3.44. The van der Waals surface area contributed by atoms with E-state index in [0.29, 0.717) is 23.8 Å². The van der Waals surface area contributed by atoms with Gasteiger partial charge in [-0.1, -0.05) is 13.8 Å². The van der Waals surface area contributed by atoms with E-state index in [9.17, 15) is 0 Å². The maximum atomic E-state index is 6.41. The van der Waals surface area contributed by atoms with Crippen molar-refractivity contribution in [3.63, 3.8) is 0 Å². The summed E-state index contributed by atoms with van der Waals surface area (Å²) in [6, 6.07) is 0.349. The molecule has 1 fully saturated rings. The maximum Gasteiger partial charge on any atom is 0.0123 e. The summed E-state index contributed by atoms with van der Waals surface area (Å²) in [5.41, 5.74) is 6.41. The molecule has 0 radical (unpaired) electrons. The lowest BCUT2D eigenvalue weighted by Gasteiger charge is -2.31. The quantitative estimate of drug-likeness (QED) is 0.708. The van der Waals surface area contributed by atoms with Crippen LogP contribution in [0.5, 0.6) is 0 Å². The highest BCUT2D eigenvalue weighted by atomic mass is 15.1. The zero-order valence-corrected chi connectivity index (χ0v) is 10.7. The Morgan fingerprint density at radius 1 is 1.47 bits per heavy atom. The van der Waals surface area contributed by atoms with Crippen LogP contribution in [0.15, 0.2) is 0 Å². The lowest BCUT2D eigenvalue weighted by molar-refractivity contribution is 0.243. The summed E-state index contributed by atoms with van der Waals surface area (Å²) in [7, 11) is 4.21. The second-order valence-electron chi connectivity index (χ2n) is 5.35. The van der Waals surface area contributed by atoms with Gasteiger partial charge in [-0.3, -0.25) is 0 Å². The van der Waals surface area contributed by atoms with Crippen LogP contribution in [0.25, 0.3) is 0 Å². The van der Waals surface area contributed by atoms with Gasteiger partial charge < -0.3 is 16.0 Å². The van der Waals surface area contributed by atoms with Crippen LogP contribution in [0.4, 0.5) is 0 Å². The fourth-order valence-electron chi connectivity index (χ4n) is 2.68. The fourth-order valence-corrected chi connectivity index (χ4v) is 2.68. The first kappa shape index (κ1) is 12.9. The third-order valence-corrected chi connectivity index (χ3v) is 3.76. The van der Waals surface area contributed by atoms with E-state index < -0.39 is 0 Å². The fraction of sp³-hybridized carbons (Fsp3) is 1.00. The summed E-state index contributed by atoms with van der Waals surface area (Å²) in [6.45, 7) is 7.98. The van der Waals surface area contributed by atoms with Crippen LogP contribution >= 0.6 is 0 Å². The van der Waals surface area contributed by atoms with Crippen LogP contribution in [0, 0.1) is 17.8 Å². The molecule has 90 valence electrons.